The van der Waals surface area contributed by atoms with Gasteiger partial charge in [-0.1, -0.05) is 66.7 Å². The molecule has 8 heteroatoms. The highest BCUT2D eigenvalue weighted by atomic mass is 16.5. The molecule has 0 bridgehead atoms. The fourth-order valence-corrected chi connectivity index (χ4v) is 5.13. The van der Waals surface area contributed by atoms with Gasteiger partial charge < -0.3 is 19.4 Å². The van der Waals surface area contributed by atoms with E-state index in [0.29, 0.717) is 30.6 Å². The van der Waals surface area contributed by atoms with Crippen LogP contribution >= 0.6 is 0 Å². The van der Waals surface area contributed by atoms with E-state index in [0.717, 1.165) is 33.8 Å². The molecule has 1 heterocycles. The molecule has 1 atom stereocenters. The fourth-order valence-electron chi connectivity index (χ4n) is 5.13. The SMILES string of the molecule is COC(=O)C(CCCCNC(=O)c1ccc(NC(=O)OCc2ccccc2)cc1)n1c2ccccc2c2ccccc21. The monoisotopic (exact) mass is 563 g/mol. The molecular weight excluding hydrogens is 530 g/mol. The number of rotatable bonds is 11. The lowest BCUT2D eigenvalue weighted by Gasteiger charge is -2.19. The Kier molecular flexibility index (Phi) is 9.13. The van der Waals surface area contributed by atoms with Gasteiger partial charge >= 0.3 is 12.1 Å². The van der Waals surface area contributed by atoms with Crippen LogP contribution in [0.4, 0.5) is 10.5 Å². The van der Waals surface area contributed by atoms with Crippen LogP contribution in [0.1, 0.15) is 41.2 Å². The molecule has 5 aromatic rings. The molecule has 42 heavy (non-hydrogen) atoms. The number of nitrogens with one attached hydrogen (secondary N) is 2. The van der Waals surface area contributed by atoms with E-state index in [9.17, 15) is 14.4 Å². The molecule has 2 amide bonds. The molecule has 2 N–H and O–H groups in total. The normalized spacial score (nSPS) is 11.6. The zero-order chi connectivity index (χ0) is 29.3. The molecule has 0 radical (unpaired) electrons. The summed E-state index contributed by atoms with van der Waals surface area (Å²) in [5.41, 5.74) is 3.89. The Labute approximate surface area is 244 Å². The Bertz CT molecular complexity index is 1630. The molecule has 1 unspecified atom stereocenters. The topological polar surface area (TPSA) is 98.7 Å². The second-order valence-electron chi connectivity index (χ2n) is 9.96. The summed E-state index contributed by atoms with van der Waals surface area (Å²) >= 11 is 0. The Morgan fingerprint density at radius 2 is 1.38 bits per heavy atom. The van der Waals surface area contributed by atoms with Gasteiger partial charge in [0.2, 0.25) is 0 Å². The number of amides is 2. The van der Waals surface area contributed by atoms with Crippen LogP contribution in [-0.4, -0.2) is 36.2 Å². The Morgan fingerprint density at radius 3 is 2.02 bits per heavy atom. The van der Waals surface area contributed by atoms with Gasteiger partial charge in [-0.15, -0.1) is 0 Å². The molecule has 4 aromatic carbocycles. The van der Waals surface area contributed by atoms with E-state index in [1.165, 1.54) is 7.11 Å². The van der Waals surface area contributed by atoms with Crippen LogP contribution < -0.4 is 10.6 Å². The average molecular weight is 564 g/mol. The molecule has 0 spiro atoms. The molecule has 214 valence electrons. The summed E-state index contributed by atoms with van der Waals surface area (Å²) in [6.45, 7) is 0.637. The van der Waals surface area contributed by atoms with Crippen LogP contribution in [0.3, 0.4) is 0 Å². The van der Waals surface area contributed by atoms with Gasteiger partial charge in [-0.25, -0.2) is 9.59 Å². The summed E-state index contributed by atoms with van der Waals surface area (Å²) in [5.74, 6) is -0.497. The highest BCUT2D eigenvalue weighted by Gasteiger charge is 2.25. The molecule has 0 aliphatic rings. The number of nitrogens with zero attached hydrogens (tertiary/aromatic N) is 1. The number of carbonyl (C=O) groups excluding carboxylic acids is 3. The van der Waals surface area contributed by atoms with Gasteiger partial charge in [0.25, 0.3) is 5.91 Å². The van der Waals surface area contributed by atoms with Crippen molar-refractivity contribution in [3.8, 4) is 0 Å². The molecule has 1 aromatic heterocycles. The maximum Gasteiger partial charge on any atom is 0.411 e. The van der Waals surface area contributed by atoms with E-state index < -0.39 is 12.1 Å². The number of unbranched alkanes of at least 4 members (excludes halogenated alkanes) is 1. The van der Waals surface area contributed by atoms with Crippen LogP contribution in [0.5, 0.6) is 0 Å². The molecule has 8 nitrogen and oxygen atoms in total. The molecule has 5 rings (SSSR count). The van der Waals surface area contributed by atoms with Crippen LogP contribution in [0.15, 0.2) is 103 Å². The van der Waals surface area contributed by atoms with Crippen LogP contribution in [0, 0.1) is 0 Å². The minimum absolute atomic E-state index is 0.173. The Balaban J connectivity index is 1.12. The highest BCUT2D eigenvalue weighted by molar-refractivity contribution is 6.08. The number of carbonyl (C=O) groups is 3. The van der Waals surface area contributed by atoms with Crippen molar-refractivity contribution in [1.29, 1.82) is 0 Å². The van der Waals surface area contributed by atoms with E-state index >= 15 is 0 Å². The lowest BCUT2D eigenvalue weighted by molar-refractivity contribution is -0.144. The summed E-state index contributed by atoms with van der Waals surface area (Å²) in [4.78, 5) is 37.6. The Morgan fingerprint density at radius 1 is 0.762 bits per heavy atom. The van der Waals surface area contributed by atoms with Crippen LogP contribution in [-0.2, 0) is 20.9 Å². The number of fused-ring (bicyclic) bond motifs is 3. The molecule has 0 saturated carbocycles. The third-order valence-corrected chi connectivity index (χ3v) is 7.20. The first-order valence-electron chi connectivity index (χ1n) is 14.0. The van der Waals surface area contributed by atoms with Crippen molar-refractivity contribution >= 4 is 45.5 Å². The first-order chi connectivity index (χ1) is 20.5. The van der Waals surface area contributed by atoms with Crippen molar-refractivity contribution in [3.05, 3.63) is 114 Å². The predicted molar refractivity (Wildman–Crippen MR) is 163 cm³/mol. The van der Waals surface area contributed by atoms with Crippen molar-refractivity contribution in [2.24, 2.45) is 0 Å². The van der Waals surface area contributed by atoms with E-state index in [4.69, 9.17) is 9.47 Å². The smallest absolute Gasteiger partial charge is 0.411 e. The molecule has 0 aliphatic heterocycles. The third kappa shape index (κ3) is 6.61. The molecule has 0 saturated heterocycles. The summed E-state index contributed by atoms with van der Waals surface area (Å²) in [7, 11) is 1.41. The number of para-hydroxylation sites is 2. The lowest BCUT2D eigenvalue weighted by Crippen LogP contribution is -2.25. The average Bonchev–Trinajstić information content (AvgIpc) is 3.36. The largest absolute Gasteiger partial charge is 0.467 e. The van der Waals surface area contributed by atoms with Gasteiger partial charge in [0.05, 0.1) is 7.11 Å². The summed E-state index contributed by atoms with van der Waals surface area (Å²) in [6, 6.07) is 31.7. The first kappa shape index (κ1) is 28.4. The summed E-state index contributed by atoms with van der Waals surface area (Å²) in [5, 5.41) is 7.79. The number of esters is 1. The number of anilines is 1. The quantitative estimate of drug-likeness (QED) is 0.135. The van der Waals surface area contributed by atoms with Crippen molar-refractivity contribution < 1.29 is 23.9 Å². The minimum Gasteiger partial charge on any atom is -0.467 e. The maximum absolute atomic E-state index is 12.9. The van der Waals surface area contributed by atoms with Gasteiger partial charge in [0.15, 0.2) is 0 Å². The van der Waals surface area contributed by atoms with Crippen molar-refractivity contribution in [1.82, 2.24) is 9.88 Å². The van der Waals surface area contributed by atoms with Gasteiger partial charge in [-0.2, -0.15) is 0 Å². The Hall–Kier alpha value is -5.11. The van der Waals surface area contributed by atoms with E-state index in [1.54, 1.807) is 24.3 Å². The number of ether oxygens (including phenoxy) is 2. The predicted octanol–water partition coefficient (Wildman–Crippen LogP) is 6.86. The molecule has 0 aliphatic carbocycles. The maximum atomic E-state index is 12.9. The van der Waals surface area contributed by atoms with Gasteiger partial charge in [-0.05, 0) is 61.2 Å². The van der Waals surface area contributed by atoms with Gasteiger partial charge in [-0.3, -0.25) is 10.1 Å². The van der Waals surface area contributed by atoms with Crippen LogP contribution in [0.25, 0.3) is 21.8 Å². The molecular formula is C34H33N3O5. The van der Waals surface area contributed by atoms with E-state index in [2.05, 4.69) is 27.3 Å². The lowest BCUT2D eigenvalue weighted by atomic mass is 10.1. The number of aromatic nitrogens is 1. The van der Waals surface area contributed by atoms with Gasteiger partial charge in [0.1, 0.15) is 12.6 Å². The second kappa shape index (κ2) is 13.5. The standard InChI is InChI=1S/C34H33N3O5/c1-41-33(39)31(37-29-15-7-5-13-27(29)28-14-6-8-16-30(28)37)17-9-10-22-35-32(38)25-18-20-26(21-19-25)36-34(40)42-23-24-11-3-2-4-12-24/h2-8,11-16,18-21,31H,9-10,17,22-23H2,1H3,(H,35,38)(H,36,40). The van der Waals surface area contributed by atoms with Crippen molar-refractivity contribution in [2.45, 2.75) is 31.9 Å². The molecule has 0 fully saturated rings. The van der Waals surface area contributed by atoms with E-state index in [-0.39, 0.29) is 18.5 Å². The fraction of sp³-hybridized carbons (Fsp3) is 0.206. The second-order valence-corrected chi connectivity index (χ2v) is 9.96. The number of methoxy groups -OCH3 is 1. The highest BCUT2D eigenvalue weighted by Crippen LogP contribution is 2.33. The summed E-state index contributed by atoms with van der Waals surface area (Å²) < 4.78 is 12.5. The first-order valence-corrected chi connectivity index (χ1v) is 14.0. The third-order valence-electron chi connectivity index (χ3n) is 7.20. The minimum atomic E-state index is -0.567. The number of hydrogen-bond acceptors (Lipinski definition) is 5. The number of benzene rings is 4. The zero-order valence-electron chi connectivity index (χ0n) is 23.4. The van der Waals surface area contributed by atoms with E-state index in [1.807, 2.05) is 66.7 Å². The number of hydrogen-bond donors (Lipinski definition) is 2. The summed E-state index contributed by atoms with van der Waals surface area (Å²) in [6.07, 6.45) is 1.42. The van der Waals surface area contributed by atoms with Crippen LogP contribution in [0.2, 0.25) is 0 Å². The van der Waals surface area contributed by atoms with Crippen molar-refractivity contribution in [2.75, 3.05) is 19.0 Å². The van der Waals surface area contributed by atoms with Crippen molar-refractivity contribution in [3.63, 3.8) is 0 Å². The van der Waals surface area contributed by atoms with Gasteiger partial charge in [0, 0.05) is 39.6 Å². The zero-order valence-corrected chi connectivity index (χ0v) is 23.4.